The van der Waals surface area contributed by atoms with Crippen LogP contribution in [0.2, 0.25) is 0 Å². The van der Waals surface area contributed by atoms with Crippen LogP contribution in [0.3, 0.4) is 0 Å². The maximum absolute atomic E-state index is 12.7. The fraction of sp³-hybridized carbons (Fsp3) is 0.674. The SMILES string of the molecule is CCC/C=C/C=C/C=C/C=C/C=C/CCCCCCCC(=O)OCC(COCCC(C(=O)O)[N+](C)(C)C)OC(=O)CCCCCCC/C=C/CCCCC. The number of carbonyl (C=O) groups excluding carboxylic acids is 2. The average molecular weight is 757 g/mol. The van der Waals surface area contributed by atoms with Crippen LogP contribution in [0.5, 0.6) is 0 Å². The van der Waals surface area contributed by atoms with Crippen molar-refractivity contribution in [2.75, 3.05) is 41.0 Å². The van der Waals surface area contributed by atoms with Crippen LogP contribution in [-0.4, -0.2) is 80.6 Å². The van der Waals surface area contributed by atoms with Crippen molar-refractivity contribution in [1.29, 1.82) is 0 Å². The molecule has 8 heteroatoms. The minimum absolute atomic E-state index is 0.0454. The number of carboxylic acids is 1. The summed E-state index contributed by atoms with van der Waals surface area (Å²) in [6.07, 6.45) is 45.0. The second-order valence-electron chi connectivity index (χ2n) is 15.0. The Kier molecular flexibility index (Phi) is 34.5. The minimum Gasteiger partial charge on any atom is -0.477 e. The summed E-state index contributed by atoms with van der Waals surface area (Å²) in [5.74, 6) is -1.52. The van der Waals surface area contributed by atoms with Gasteiger partial charge in [-0.2, -0.15) is 0 Å². The highest BCUT2D eigenvalue weighted by Crippen LogP contribution is 2.13. The Balaban J connectivity index is 4.44. The molecule has 2 unspecified atom stereocenters. The number of likely N-dealkylation sites (N-methyl/N-ethyl adjacent to an activating group) is 1. The number of ether oxygens (including phenoxy) is 3. The first-order valence-electron chi connectivity index (χ1n) is 21.0. The quantitative estimate of drug-likeness (QED) is 0.0223. The van der Waals surface area contributed by atoms with E-state index in [0.29, 0.717) is 19.3 Å². The van der Waals surface area contributed by atoms with Gasteiger partial charge in [-0.3, -0.25) is 9.59 Å². The Morgan fingerprint density at radius 2 is 1.04 bits per heavy atom. The van der Waals surface area contributed by atoms with Crippen molar-refractivity contribution in [3.63, 3.8) is 0 Å². The molecule has 1 N–H and O–H groups in total. The second-order valence-corrected chi connectivity index (χ2v) is 15.0. The maximum atomic E-state index is 12.7. The van der Waals surface area contributed by atoms with E-state index in [0.717, 1.165) is 77.0 Å². The van der Waals surface area contributed by atoms with Crippen molar-refractivity contribution in [3.8, 4) is 0 Å². The molecule has 308 valence electrons. The summed E-state index contributed by atoms with van der Waals surface area (Å²) in [4.78, 5) is 36.9. The third kappa shape index (κ3) is 34.5. The molecule has 0 aromatic heterocycles. The van der Waals surface area contributed by atoms with Crippen LogP contribution in [0.25, 0.3) is 0 Å². The van der Waals surface area contributed by atoms with Gasteiger partial charge in [-0.15, -0.1) is 0 Å². The zero-order valence-electron chi connectivity index (χ0n) is 34.9. The molecule has 0 aromatic carbocycles. The third-order valence-corrected chi connectivity index (χ3v) is 8.94. The number of esters is 2. The molecule has 0 aliphatic heterocycles. The van der Waals surface area contributed by atoms with Crippen molar-refractivity contribution < 1.29 is 38.2 Å². The van der Waals surface area contributed by atoms with Gasteiger partial charge >= 0.3 is 17.9 Å². The number of unbranched alkanes of at least 4 members (excludes halogenated alkanes) is 14. The lowest BCUT2D eigenvalue weighted by molar-refractivity contribution is -0.887. The van der Waals surface area contributed by atoms with E-state index in [2.05, 4.69) is 50.3 Å². The molecule has 0 aliphatic carbocycles. The van der Waals surface area contributed by atoms with Crippen LogP contribution in [0.4, 0.5) is 0 Å². The van der Waals surface area contributed by atoms with Gasteiger partial charge in [0.05, 0.1) is 34.4 Å². The monoisotopic (exact) mass is 757 g/mol. The highest BCUT2D eigenvalue weighted by atomic mass is 16.6. The Morgan fingerprint density at radius 1 is 0.556 bits per heavy atom. The number of aliphatic carboxylic acids is 1. The Hall–Kier alpha value is -3.23. The normalized spacial score (nSPS) is 13.7. The number of hydrogen-bond donors (Lipinski definition) is 1. The van der Waals surface area contributed by atoms with Crippen molar-refractivity contribution in [3.05, 3.63) is 72.9 Å². The highest BCUT2D eigenvalue weighted by Gasteiger charge is 2.31. The summed E-state index contributed by atoms with van der Waals surface area (Å²) in [7, 11) is 5.50. The van der Waals surface area contributed by atoms with E-state index in [-0.39, 0.29) is 36.2 Å². The van der Waals surface area contributed by atoms with E-state index in [1.165, 1.54) is 38.5 Å². The van der Waals surface area contributed by atoms with Gasteiger partial charge in [0.15, 0.2) is 12.1 Å². The lowest BCUT2D eigenvalue weighted by atomic mass is 10.1. The maximum Gasteiger partial charge on any atom is 0.362 e. The van der Waals surface area contributed by atoms with Crippen LogP contribution in [0, 0.1) is 0 Å². The zero-order chi connectivity index (χ0) is 40.0. The Morgan fingerprint density at radius 3 is 1.57 bits per heavy atom. The van der Waals surface area contributed by atoms with E-state index >= 15 is 0 Å². The van der Waals surface area contributed by atoms with E-state index in [1.54, 1.807) is 0 Å². The molecule has 0 fully saturated rings. The Labute approximate surface area is 330 Å². The molecule has 2 atom stereocenters. The van der Waals surface area contributed by atoms with E-state index in [4.69, 9.17) is 14.2 Å². The molecule has 0 aliphatic rings. The molecular weight excluding hydrogens is 679 g/mol. The van der Waals surface area contributed by atoms with Crippen LogP contribution < -0.4 is 0 Å². The van der Waals surface area contributed by atoms with Gasteiger partial charge in [-0.05, 0) is 57.8 Å². The molecule has 54 heavy (non-hydrogen) atoms. The largest absolute Gasteiger partial charge is 0.477 e. The number of carboxylic acid groups (broad SMARTS) is 1. The Bertz CT molecular complexity index is 1110. The van der Waals surface area contributed by atoms with Gasteiger partial charge in [0.25, 0.3) is 0 Å². The first-order valence-corrected chi connectivity index (χ1v) is 21.0. The van der Waals surface area contributed by atoms with Gasteiger partial charge in [0.2, 0.25) is 0 Å². The molecule has 0 bridgehead atoms. The third-order valence-electron chi connectivity index (χ3n) is 8.94. The van der Waals surface area contributed by atoms with Gasteiger partial charge in [0, 0.05) is 19.3 Å². The van der Waals surface area contributed by atoms with Crippen LogP contribution >= 0.6 is 0 Å². The number of quaternary nitrogens is 1. The van der Waals surface area contributed by atoms with Gasteiger partial charge in [-0.25, -0.2) is 4.79 Å². The molecule has 0 radical (unpaired) electrons. The van der Waals surface area contributed by atoms with Crippen LogP contribution in [0.15, 0.2) is 72.9 Å². The second kappa shape index (κ2) is 36.7. The molecule has 0 saturated heterocycles. The minimum atomic E-state index is -0.884. The molecule has 0 aromatic rings. The number of hydrogen-bond acceptors (Lipinski definition) is 6. The predicted octanol–water partition coefficient (Wildman–Crippen LogP) is 11.2. The van der Waals surface area contributed by atoms with Gasteiger partial charge in [-0.1, -0.05) is 145 Å². The molecule has 0 spiro atoms. The average Bonchev–Trinajstić information content (AvgIpc) is 3.12. The summed E-state index contributed by atoms with van der Waals surface area (Å²) in [5.41, 5.74) is 0. The smallest absolute Gasteiger partial charge is 0.362 e. The molecule has 0 rings (SSSR count). The van der Waals surface area contributed by atoms with Crippen LogP contribution in [0.1, 0.15) is 149 Å². The lowest BCUT2D eigenvalue weighted by Crippen LogP contribution is -2.50. The number of allylic oxidation sites excluding steroid dienone is 12. The lowest BCUT2D eigenvalue weighted by Gasteiger charge is -2.31. The van der Waals surface area contributed by atoms with Crippen molar-refractivity contribution >= 4 is 17.9 Å². The van der Waals surface area contributed by atoms with Gasteiger partial charge < -0.3 is 23.8 Å². The fourth-order valence-electron chi connectivity index (χ4n) is 5.64. The van der Waals surface area contributed by atoms with Crippen molar-refractivity contribution in [2.45, 2.75) is 161 Å². The number of nitrogens with zero attached hydrogens (tertiary/aromatic N) is 1. The topological polar surface area (TPSA) is 99.1 Å². The van der Waals surface area contributed by atoms with Crippen LogP contribution in [-0.2, 0) is 28.6 Å². The molecule has 8 nitrogen and oxygen atoms in total. The summed E-state index contributed by atoms with van der Waals surface area (Å²) in [5, 5.41) is 9.60. The fourth-order valence-corrected chi connectivity index (χ4v) is 5.64. The molecule has 0 heterocycles. The zero-order valence-corrected chi connectivity index (χ0v) is 34.9. The summed E-state index contributed by atoms with van der Waals surface area (Å²) >= 11 is 0. The summed E-state index contributed by atoms with van der Waals surface area (Å²) in [6.45, 7) is 4.56. The number of rotatable bonds is 36. The molecule has 0 saturated carbocycles. The standard InChI is InChI=1S/C46H77NO7/c1-6-8-10-12-14-16-18-20-21-22-23-24-25-27-28-30-32-34-36-44(48)53-41-42(40-52-39-38-43(46(50)51)47(3,4)5)54-45(49)37-35-33-31-29-26-19-17-15-13-11-9-7-2/h10,12,14-18,20-24,42-43H,6-9,11,13,19,25-41H2,1-5H3/p+1/b12-10+,16-14+,17-15+,20-18+,22-21+,24-23+. The predicted molar refractivity (Wildman–Crippen MR) is 224 cm³/mol. The van der Waals surface area contributed by atoms with Crippen molar-refractivity contribution in [1.82, 2.24) is 0 Å². The van der Waals surface area contributed by atoms with Crippen molar-refractivity contribution in [2.24, 2.45) is 0 Å². The summed E-state index contributed by atoms with van der Waals surface area (Å²) < 4.78 is 17.2. The van der Waals surface area contributed by atoms with E-state index in [9.17, 15) is 19.5 Å². The first kappa shape index (κ1) is 50.8. The molecule has 0 amide bonds. The summed E-state index contributed by atoms with van der Waals surface area (Å²) in [6, 6.07) is -0.623. The highest BCUT2D eigenvalue weighted by molar-refractivity contribution is 5.72. The first-order chi connectivity index (χ1) is 26.1. The number of carbonyl (C=O) groups is 3. The van der Waals surface area contributed by atoms with E-state index < -0.39 is 18.1 Å². The molecular formula is C46H78NO7+. The van der Waals surface area contributed by atoms with Gasteiger partial charge in [0.1, 0.15) is 6.61 Å². The van der Waals surface area contributed by atoms with E-state index in [1.807, 2.05) is 57.6 Å².